The van der Waals surface area contributed by atoms with E-state index in [4.69, 9.17) is 14.2 Å². The lowest BCUT2D eigenvalue weighted by Crippen LogP contribution is -2.30. The Morgan fingerprint density at radius 2 is 0.549 bits per heavy atom. The number of unbranched alkanes of at least 4 members (excludes halogenated alkanes) is 23. The number of hydrogen-bond donors (Lipinski definition) is 0. The normalized spacial score (nSPS) is 12.9. The van der Waals surface area contributed by atoms with Crippen molar-refractivity contribution < 1.29 is 28.6 Å². The Labute approximate surface area is 438 Å². The zero-order valence-corrected chi connectivity index (χ0v) is 46.2. The molecule has 0 aliphatic rings. The van der Waals surface area contributed by atoms with Crippen LogP contribution in [-0.4, -0.2) is 37.2 Å². The van der Waals surface area contributed by atoms with Crippen molar-refractivity contribution in [3.63, 3.8) is 0 Å². The van der Waals surface area contributed by atoms with Crippen molar-refractivity contribution in [3.8, 4) is 0 Å². The summed E-state index contributed by atoms with van der Waals surface area (Å²) in [6.07, 6.45) is 79.5. The van der Waals surface area contributed by atoms with Crippen LogP contribution in [0.4, 0.5) is 0 Å². The van der Waals surface area contributed by atoms with Crippen LogP contribution in [0.25, 0.3) is 0 Å². The van der Waals surface area contributed by atoms with Gasteiger partial charge in [0, 0.05) is 19.3 Å². The summed E-state index contributed by atoms with van der Waals surface area (Å²) in [5, 5.41) is 0. The third-order valence-electron chi connectivity index (χ3n) is 12.3. The molecule has 0 aromatic carbocycles. The molecule has 0 fully saturated rings. The summed E-state index contributed by atoms with van der Waals surface area (Å²) in [6, 6.07) is 0. The van der Waals surface area contributed by atoms with E-state index in [2.05, 4.69) is 130 Å². The van der Waals surface area contributed by atoms with Crippen LogP contribution in [0, 0.1) is 0 Å². The van der Waals surface area contributed by atoms with Gasteiger partial charge in [-0.05, 0) is 109 Å². The van der Waals surface area contributed by atoms with Crippen molar-refractivity contribution in [3.05, 3.63) is 109 Å². The predicted molar refractivity (Wildman–Crippen MR) is 307 cm³/mol. The molecular formula is C65H108O6. The highest BCUT2D eigenvalue weighted by Crippen LogP contribution is 2.14. The van der Waals surface area contributed by atoms with Gasteiger partial charge in [-0.25, -0.2) is 0 Å². The zero-order chi connectivity index (χ0) is 51.4. The van der Waals surface area contributed by atoms with Gasteiger partial charge < -0.3 is 14.2 Å². The molecule has 0 N–H and O–H groups in total. The van der Waals surface area contributed by atoms with E-state index in [1.165, 1.54) is 103 Å². The van der Waals surface area contributed by atoms with E-state index in [9.17, 15) is 14.4 Å². The molecule has 404 valence electrons. The van der Waals surface area contributed by atoms with E-state index >= 15 is 0 Å². The largest absolute Gasteiger partial charge is 0.462 e. The highest BCUT2D eigenvalue weighted by molar-refractivity contribution is 5.71. The van der Waals surface area contributed by atoms with E-state index < -0.39 is 6.10 Å². The Bertz CT molecular complexity index is 1460. The van der Waals surface area contributed by atoms with Crippen molar-refractivity contribution in [2.45, 2.75) is 271 Å². The van der Waals surface area contributed by atoms with Gasteiger partial charge in [-0.3, -0.25) is 14.4 Å². The first kappa shape index (κ1) is 67.1. The zero-order valence-electron chi connectivity index (χ0n) is 46.2. The molecule has 1 unspecified atom stereocenters. The first-order valence-electron chi connectivity index (χ1n) is 29.4. The average Bonchev–Trinajstić information content (AvgIpc) is 3.37. The Balaban J connectivity index is 4.39. The first-order chi connectivity index (χ1) is 35.0. The van der Waals surface area contributed by atoms with Crippen LogP contribution in [0.2, 0.25) is 0 Å². The standard InChI is InChI=1S/C65H108O6/c1-4-7-10-13-16-19-22-24-26-28-29-30-31-32-33-34-35-36-37-38-40-41-43-46-49-52-55-58-64(67)70-61-62(60-69-63(66)57-54-51-48-45-21-18-15-12-9-6-3)71-65(68)59-56-53-50-47-44-42-39-27-25-23-20-17-14-11-8-5-2/h7,10,16,19,24,26-27,29-30,32-33,35-36,38-40,43,46,62H,4-6,8-9,11-15,17-18,20-23,25,28,31,34,37,41-42,44-45,47-61H2,1-3H3/b10-7-,19-16-,26-24-,30-29-,33-32-,36-35-,39-27-,40-38-,46-43-. The number of hydrogen-bond acceptors (Lipinski definition) is 6. The fraction of sp³-hybridized carbons (Fsp3) is 0.677. The number of esters is 3. The first-order valence-corrected chi connectivity index (χ1v) is 29.4. The van der Waals surface area contributed by atoms with E-state index in [1.807, 2.05) is 0 Å². The van der Waals surface area contributed by atoms with E-state index in [-0.39, 0.29) is 31.1 Å². The molecule has 0 spiro atoms. The molecule has 0 aliphatic heterocycles. The molecule has 0 amide bonds. The van der Waals surface area contributed by atoms with E-state index in [0.717, 1.165) is 122 Å². The van der Waals surface area contributed by atoms with Crippen LogP contribution in [0.3, 0.4) is 0 Å². The van der Waals surface area contributed by atoms with Crippen molar-refractivity contribution in [2.24, 2.45) is 0 Å². The van der Waals surface area contributed by atoms with Crippen molar-refractivity contribution >= 4 is 17.9 Å². The van der Waals surface area contributed by atoms with Crippen LogP contribution in [0.5, 0.6) is 0 Å². The van der Waals surface area contributed by atoms with Gasteiger partial charge >= 0.3 is 17.9 Å². The lowest BCUT2D eigenvalue weighted by Gasteiger charge is -2.18. The van der Waals surface area contributed by atoms with Gasteiger partial charge in [0.15, 0.2) is 6.10 Å². The second kappa shape index (κ2) is 58.6. The molecule has 0 rings (SSSR count). The third-order valence-corrected chi connectivity index (χ3v) is 12.3. The van der Waals surface area contributed by atoms with Gasteiger partial charge in [-0.2, -0.15) is 0 Å². The van der Waals surface area contributed by atoms with Gasteiger partial charge in [-0.15, -0.1) is 0 Å². The molecule has 0 aliphatic carbocycles. The quantitative estimate of drug-likeness (QED) is 0.0261. The smallest absolute Gasteiger partial charge is 0.306 e. The van der Waals surface area contributed by atoms with Crippen molar-refractivity contribution in [1.29, 1.82) is 0 Å². The van der Waals surface area contributed by atoms with Crippen LogP contribution >= 0.6 is 0 Å². The van der Waals surface area contributed by atoms with E-state index in [0.29, 0.717) is 19.3 Å². The van der Waals surface area contributed by atoms with Crippen LogP contribution < -0.4 is 0 Å². The molecule has 0 radical (unpaired) electrons. The minimum absolute atomic E-state index is 0.0945. The maximum Gasteiger partial charge on any atom is 0.306 e. The molecule has 6 heteroatoms. The molecule has 0 bridgehead atoms. The molecular weight excluding hydrogens is 877 g/mol. The molecule has 1 atom stereocenters. The Morgan fingerprint density at radius 1 is 0.296 bits per heavy atom. The van der Waals surface area contributed by atoms with Gasteiger partial charge in [0.2, 0.25) is 0 Å². The summed E-state index contributed by atoms with van der Waals surface area (Å²) >= 11 is 0. The number of carbonyl (C=O) groups excluding carboxylic acids is 3. The van der Waals surface area contributed by atoms with Crippen LogP contribution in [0.15, 0.2) is 109 Å². The minimum atomic E-state index is -0.800. The lowest BCUT2D eigenvalue weighted by molar-refractivity contribution is -0.167. The topological polar surface area (TPSA) is 78.9 Å². The summed E-state index contributed by atoms with van der Waals surface area (Å²) in [7, 11) is 0. The maximum absolute atomic E-state index is 12.8. The summed E-state index contributed by atoms with van der Waals surface area (Å²) in [5.74, 6) is -0.949. The molecule has 0 heterocycles. The molecule has 0 saturated carbocycles. The van der Waals surface area contributed by atoms with Crippen LogP contribution in [-0.2, 0) is 28.6 Å². The number of allylic oxidation sites excluding steroid dienone is 18. The molecule has 0 aromatic rings. The summed E-state index contributed by atoms with van der Waals surface area (Å²) in [5.41, 5.74) is 0. The summed E-state index contributed by atoms with van der Waals surface area (Å²) in [6.45, 7) is 6.47. The van der Waals surface area contributed by atoms with E-state index in [1.54, 1.807) is 0 Å². The number of ether oxygens (including phenoxy) is 3. The van der Waals surface area contributed by atoms with Crippen molar-refractivity contribution in [1.82, 2.24) is 0 Å². The lowest BCUT2D eigenvalue weighted by atomic mass is 10.1. The third kappa shape index (κ3) is 56.9. The second-order valence-electron chi connectivity index (χ2n) is 19.2. The number of rotatable bonds is 52. The predicted octanol–water partition coefficient (Wildman–Crippen LogP) is 19.9. The average molecular weight is 986 g/mol. The van der Waals surface area contributed by atoms with Gasteiger partial charge in [0.05, 0.1) is 0 Å². The summed E-state index contributed by atoms with van der Waals surface area (Å²) < 4.78 is 16.8. The molecule has 0 saturated heterocycles. The fourth-order valence-corrected chi connectivity index (χ4v) is 7.86. The Hall–Kier alpha value is -3.93. The molecule has 71 heavy (non-hydrogen) atoms. The van der Waals surface area contributed by atoms with Crippen molar-refractivity contribution in [2.75, 3.05) is 13.2 Å². The maximum atomic E-state index is 12.8. The molecule has 0 aromatic heterocycles. The van der Waals surface area contributed by atoms with Gasteiger partial charge in [0.1, 0.15) is 13.2 Å². The Morgan fingerprint density at radius 3 is 0.901 bits per heavy atom. The highest BCUT2D eigenvalue weighted by Gasteiger charge is 2.19. The highest BCUT2D eigenvalue weighted by atomic mass is 16.6. The summed E-state index contributed by atoms with van der Waals surface area (Å²) in [4.78, 5) is 38.1. The fourth-order valence-electron chi connectivity index (χ4n) is 7.86. The molecule has 6 nitrogen and oxygen atoms in total. The van der Waals surface area contributed by atoms with Gasteiger partial charge in [-0.1, -0.05) is 246 Å². The number of carbonyl (C=O) groups is 3. The van der Waals surface area contributed by atoms with Gasteiger partial charge in [0.25, 0.3) is 0 Å². The monoisotopic (exact) mass is 985 g/mol. The minimum Gasteiger partial charge on any atom is -0.462 e. The SMILES string of the molecule is CC/C=C\C/C=C\C/C=C\C/C=C\C/C=C\C/C=C\C/C=C\C/C=C\CCCCC(=O)OCC(COC(=O)CCCCCCCCCCCC)OC(=O)CCCCCCC/C=C\CCCCCCCCC. The Kier molecular flexibility index (Phi) is 55.4. The van der Waals surface area contributed by atoms with Crippen LogP contribution in [0.1, 0.15) is 265 Å². The second-order valence-corrected chi connectivity index (χ2v) is 19.2.